The Morgan fingerprint density at radius 3 is 2.21 bits per heavy atom. The predicted octanol–water partition coefficient (Wildman–Crippen LogP) is 2.39. The van der Waals surface area contributed by atoms with Crippen molar-refractivity contribution in [2.75, 3.05) is 7.11 Å². The summed E-state index contributed by atoms with van der Waals surface area (Å²) in [6.45, 7) is 3.83. The molecule has 0 aliphatic heterocycles. The summed E-state index contributed by atoms with van der Waals surface area (Å²) in [5.41, 5.74) is 0.406. The first-order valence-electron chi connectivity index (χ1n) is 5.19. The van der Waals surface area contributed by atoms with Gasteiger partial charge in [0.1, 0.15) is 5.82 Å². The zero-order valence-corrected chi connectivity index (χ0v) is 11.5. The molecule has 19 heavy (non-hydrogen) atoms. The van der Waals surface area contributed by atoms with Crippen molar-refractivity contribution in [3.63, 3.8) is 0 Å². The van der Waals surface area contributed by atoms with Crippen LogP contribution in [0.5, 0.6) is 0 Å². The smallest absolute Gasteiger partial charge is 0.435 e. The van der Waals surface area contributed by atoms with E-state index in [1.807, 2.05) is 13.8 Å². The van der Waals surface area contributed by atoms with Gasteiger partial charge in [0.15, 0.2) is 0 Å². The lowest BCUT2D eigenvalue weighted by Crippen LogP contribution is -2.09. The van der Waals surface area contributed by atoms with Crippen LogP contribution in [-0.2, 0) is 15.2 Å². The molecule has 1 rings (SSSR count). The standard InChI is InChI=1S/C11H14FNO.FHO3S/c1-8(2)13-11(14-3)9-6-4-5-7-10(9)12;1-5(2,3)4/h4-8H,1-3H3;(H,2,3,4). The molecule has 8 heteroatoms. The van der Waals surface area contributed by atoms with Gasteiger partial charge in [0.05, 0.1) is 12.7 Å². The lowest BCUT2D eigenvalue weighted by atomic mass is 10.2. The quantitative estimate of drug-likeness (QED) is 0.393. The number of halogens is 2. The fourth-order valence-corrected chi connectivity index (χ4v) is 1.10. The number of hydrogen-bond acceptors (Lipinski definition) is 4. The minimum atomic E-state index is -5.17. The first-order valence-corrected chi connectivity index (χ1v) is 6.53. The summed E-state index contributed by atoms with van der Waals surface area (Å²) in [5.74, 6) is 0.0341. The van der Waals surface area contributed by atoms with Crippen LogP contribution in [0.1, 0.15) is 19.4 Å². The summed E-state index contributed by atoms with van der Waals surface area (Å²) < 4.78 is 52.4. The second kappa shape index (κ2) is 7.80. The summed E-state index contributed by atoms with van der Waals surface area (Å²) in [6, 6.07) is 6.53. The van der Waals surface area contributed by atoms with Gasteiger partial charge >= 0.3 is 10.5 Å². The van der Waals surface area contributed by atoms with Crippen LogP contribution in [-0.4, -0.2) is 32.0 Å². The highest BCUT2D eigenvalue weighted by molar-refractivity contribution is 7.80. The zero-order chi connectivity index (χ0) is 15.1. The van der Waals surface area contributed by atoms with Crippen molar-refractivity contribution < 1.29 is 26.0 Å². The van der Waals surface area contributed by atoms with Gasteiger partial charge in [-0.15, -0.1) is 0 Å². The molecule has 0 fully saturated rings. The van der Waals surface area contributed by atoms with E-state index >= 15 is 0 Å². The van der Waals surface area contributed by atoms with Gasteiger partial charge in [0, 0.05) is 6.04 Å². The number of benzene rings is 1. The molecule has 108 valence electrons. The average Bonchev–Trinajstić information content (AvgIpc) is 2.24. The summed E-state index contributed by atoms with van der Waals surface area (Å²) in [6.07, 6.45) is 0. The molecule has 0 aromatic heterocycles. The highest BCUT2D eigenvalue weighted by atomic mass is 32.3. The third-order valence-electron chi connectivity index (χ3n) is 1.67. The highest BCUT2D eigenvalue weighted by Gasteiger charge is 2.09. The molecule has 0 saturated carbocycles. The molecular formula is C11H15F2NO4S. The Hall–Kier alpha value is -1.54. The van der Waals surface area contributed by atoms with E-state index in [0.717, 1.165) is 0 Å². The van der Waals surface area contributed by atoms with Crippen LogP contribution in [0.4, 0.5) is 8.28 Å². The van der Waals surface area contributed by atoms with Crippen LogP contribution >= 0.6 is 0 Å². The highest BCUT2D eigenvalue weighted by Crippen LogP contribution is 2.09. The second-order valence-electron chi connectivity index (χ2n) is 3.62. The Morgan fingerprint density at radius 1 is 1.37 bits per heavy atom. The largest absolute Gasteiger partial charge is 0.481 e. The molecular weight excluding hydrogens is 280 g/mol. The maximum Gasteiger partial charge on any atom is 0.435 e. The average molecular weight is 295 g/mol. The summed E-state index contributed by atoms with van der Waals surface area (Å²) >= 11 is 0. The van der Waals surface area contributed by atoms with Gasteiger partial charge in [-0.2, -0.15) is 8.42 Å². The molecule has 1 aromatic carbocycles. The Balaban J connectivity index is 0.000000555. The molecule has 0 radical (unpaired) electrons. The van der Waals surface area contributed by atoms with E-state index in [1.54, 1.807) is 18.2 Å². The first kappa shape index (κ1) is 17.5. The number of nitrogens with zero attached hydrogens (tertiary/aromatic N) is 1. The van der Waals surface area contributed by atoms with E-state index in [1.165, 1.54) is 13.2 Å². The Kier molecular flexibility index (Phi) is 7.17. The summed E-state index contributed by atoms with van der Waals surface area (Å²) in [7, 11) is -3.67. The normalized spacial score (nSPS) is 11.8. The monoisotopic (exact) mass is 295 g/mol. The van der Waals surface area contributed by atoms with Crippen molar-refractivity contribution in [3.05, 3.63) is 35.6 Å². The third-order valence-corrected chi connectivity index (χ3v) is 1.67. The fraction of sp³-hybridized carbons (Fsp3) is 0.364. The summed E-state index contributed by atoms with van der Waals surface area (Å²) in [4.78, 5) is 4.18. The minimum Gasteiger partial charge on any atom is -0.481 e. The SMILES string of the molecule is COC(=NC(C)C)c1ccccc1F.O=S(=O)(O)F. The van der Waals surface area contributed by atoms with Crippen molar-refractivity contribution in [2.24, 2.45) is 4.99 Å². The molecule has 0 unspecified atom stereocenters. The lowest BCUT2D eigenvalue weighted by Gasteiger charge is -2.07. The maximum absolute atomic E-state index is 13.3. The van der Waals surface area contributed by atoms with E-state index in [0.29, 0.717) is 11.5 Å². The fourth-order valence-electron chi connectivity index (χ4n) is 1.10. The molecule has 0 spiro atoms. The lowest BCUT2D eigenvalue weighted by molar-refractivity contribution is 0.397. The Morgan fingerprint density at radius 2 is 1.84 bits per heavy atom. The van der Waals surface area contributed by atoms with Crippen molar-refractivity contribution in [3.8, 4) is 0 Å². The molecule has 0 aliphatic carbocycles. The van der Waals surface area contributed by atoms with Gasteiger partial charge in [-0.25, -0.2) is 9.38 Å². The molecule has 5 nitrogen and oxygen atoms in total. The van der Waals surface area contributed by atoms with E-state index in [2.05, 4.69) is 4.99 Å². The van der Waals surface area contributed by atoms with Crippen molar-refractivity contribution in [2.45, 2.75) is 19.9 Å². The van der Waals surface area contributed by atoms with E-state index < -0.39 is 10.5 Å². The van der Waals surface area contributed by atoms with Crippen molar-refractivity contribution in [1.82, 2.24) is 0 Å². The van der Waals surface area contributed by atoms with Gasteiger partial charge in [0.25, 0.3) is 0 Å². The van der Waals surface area contributed by atoms with Gasteiger partial charge in [-0.3, -0.25) is 4.55 Å². The Labute approximate surface area is 111 Å². The molecule has 0 heterocycles. The molecule has 0 bridgehead atoms. The topological polar surface area (TPSA) is 76.0 Å². The molecule has 0 amide bonds. The second-order valence-corrected chi connectivity index (χ2v) is 4.45. The Bertz CT molecular complexity index is 521. The zero-order valence-electron chi connectivity index (χ0n) is 10.7. The van der Waals surface area contributed by atoms with E-state index in [4.69, 9.17) is 17.7 Å². The van der Waals surface area contributed by atoms with E-state index in [-0.39, 0.29) is 11.9 Å². The van der Waals surface area contributed by atoms with Gasteiger partial charge in [-0.05, 0) is 26.0 Å². The number of ether oxygens (including phenoxy) is 1. The van der Waals surface area contributed by atoms with Crippen LogP contribution in [0.25, 0.3) is 0 Å². The van der Waals surface area contributed by atoms with Gasteiger partial charge in [-0.1, -0.05) is 16.0 Å². The molecule has 0 aliphatic rings. The molecule has 0 saturated heterocycles. The van der Waals surface area contributed by atoms with E-state index in [9.17, 15) is 8.28 Å². The van der Waals surface area contributed by atoms with Crippen LogP contribution in [0.2, 0.25) is 0 Å². The minimum absolute atomic E-state index is 0.0876. The number of methoxy groups -OCH3 is 1. The van der Waals surface area contributed by atoms with Crippen LogP contribution < -0.4 is 0 Å². The van der Waals surface area contributed by atoms with Gasteiger partial charge < -0.3 is 4.74 Å². The van der Waals surface area contributed by atoms with Gasteiger partial charge in [0.2, 0.25) is 5.90 Å². The maximum atomic E-state index is 13.3. The van der Waals surface area contributed by atoms with Crippen molar-refractivity contribution in [1.29, 1.82) is 0 Å². The molecule has 0 atom stereocenters. The number of hydrogen-bond donors (Lipinski definition) is 1. The number of rotatable bonds is 2. The predicted molar refractivity (Wildman–Crippen MR) is 67.7 cm³/mol. The van der Waals surface area contributed by atoms with Crippen LogP contribution in [0, 0.1) is 5.82 Å². The number of aliphatic imine (C=N–C) groups is 1. The van der Waals surface area contributed by atoms with Crippen LogP contribution in [0.3, 0.4) is 0 Å². The van der Waals surface area contributed by atoms with Crippen molar-refractivity contribution >= 4 is 16.4 Å². The summed E-state index contributed by atoms with van der Waals surface area (Å²) in [5, 5.41) is 0. The first-order chi connectivity index (χ1) is 8.65. The third kappa shape index (κ3) is 9.09. The molecule has 1 N–H and O–H groups in total. The van der Waals surface area contributed by atoms with Crippen LogP contribution in [0.15, 0.2) is 29.3 Å². The molecule has 1 aromatic rings.